The van der Waals surface area contributed by atoms with Crippen molar-refractivity contribution in [3.63, 3.8) is 0 Å². The monoisotopic (exact) mass is 524 g/mol. The molecule has 0 radical (unpaired) electrons. The average Bonchev–Trinajstić information content (AvgIpc) is 2.78. The summed E-state index contributed by atoms with van der Waals surface area (Å²) in [7, 11) is 1.73. The van der Waals surface area contributed by atoms with Gasteiger partial charge in [0.15, 0.2) is 5.96 Å². The summed E-state index contributed by atoms with van der Waals surface area (Å²) in [5.41, 5.74) is 2.91. The number of rotatable bonds is 6. The Bertz CT molecular complexity index is 818. The third kappa shape index (κ3) is 7.27. The first kappa shape index (κ1) is 24.1. The molecule has 30 heavy (non-hydrogen) atoms. The zero-order chi connectivity index (χ0) is 20.5. The van der Waals surface area contributed by atoms with Crippen LogP contribution in [0.1, 0.15) is 40.7 Å². The normalized spacial score (nSPS) is 14.1. The Balaban J connectivity index is 0.00000320. The first-order valence-corrected chi connectivity index (χ1v) is 10.2. The van der Waals surface area contributed by atoms with E-state index in [0.717, 1.165) is 49.0 Å². The minimum atomic E-state index is -0.220. The number of nitrogens with one attached hydrogen (secondary N) is 2. The Kier molecular flexibility index (Phi) is 10.1. The fourth-order valence-electron chi connectivity index (χ4n) is 3.43. The van der Waals surface area contributed by atoms with Crippen molar-refractivity contribution in [3.05, 3.63) is 71.0 Å². The zero-order valence-corrected chi connectivity index (χ0v) is 19.7. The molecule has 0 aromatic heterocycles. The molecule has 0 saturated carbocycles. The van der Waals surface area contributed by atoms with Crippen molar-refractivity contribution in [1.82, 2.24) is 15.5 Å². The SMILES string of the molecule is CN=C(NCCc1ccc(F)cc1)NCc1ccc(C(=O)N2CCCCC2)cc1.I. The Hall–Kier alpha value is -2.16. The first-order chi connectivity index (χ1) is 14.2. The topological polar surface area (TPSA) is 56.7 Å². The summed E-state index contributed by atoms with van der Waals surface area (Å²) in [6.07, 6.45) is 4.20. The molecule has 2 N–H and O–H groups in total. The summed E-state index contributed by atoms with van der Waals surface area (Å²) in [6.45, 7) is 3.05. The lowest BCUT2D eigenvalue weighted by molar-refractivity contribution is 0.0724. The smallest absolute Gasteiger partial charge is 0.253 e. The molecule has 2 aromatic rings. The molecule has 1 saturated heterocycles. The van der Waals surface area contributed by atoms with E-state index in [-0.39, 0.29) is 35.7 Å². The second-order valence-corrected chi connectivity index (χ2v) is 7.28. The number of guanidine groups is 1. The van der Waals surface area contributed by atoms with Gasteiger partial charge in [-0.05, 0) is 61.1 Å². The van der Waals surface area contributed by atoms with Crippen LogP contribution in [0, 0.1) is 5.82 Å². The van der Waals surface area contributed by atoms with Crippen molar-refractivity contribution in [2.24, 2.45) is 4.99 Å². The van der Waals surface area contributed by atoms with E-state index in [1.807, 2.05) is 29.2 Å². The number of likely N-dealkylation sites (tertiary alicyclic amines) is 1. The van der Waals surface area contributed by atoms with Gasteiger partial charge in [0.1, 0.15) is 5.82 Å². The molecule has 0 unspecified atom stereocenters. The van der Waals surface area contributed by atoms with Crippen LogP contribution >= 0.6 is 24.0 Å². The molecule has 1 amide bonds. The molecule has 7 heteroatoms. The number of carbonyl (C=O) groups is 1. The maximum Gasteiger partial charge on any atom is 0.253 e. The molecule has 1 aliphatic rings. The van der Waals surface area contributed by atoms with Gasteiger partial charge in [0, 0.05) is 38.8 Å². The minimum absolute atomic E-state index is 0. The number of amides is 1. The lowest BCUT2D eigenvalue weighted by atomic mass is 10.1. The molecule has 1 heterocycles. The summed E-state index contributed by atoms with van der Waals surface area (Å²) in [6, 6.07) is 14.3. The predicted octanol–water partition coefficient (Wildman–Crippen LogP) is 3.98. The van der Waals surface area contributed by atoms with Gasteiger partial charge < -0.3 is 15.5 Å². The quantitative estimate of drug-likeness (QED) is 0.342. The lowest BCUT2D eigenvalue weighted by Gasteiger charge is -2.26. The molecule has 1 fully saturated rings. The van der Waals surface area contributed by atoms with Gasteiger partial charge in [-0.1, -0.05) is 24.3 Å². The number of halogens is 2. The second kappa shape index (κ2) is 12.5. The fourth-order valence-corrected chi connectivity index (χ4v) is 3.43. The summed E-state index contributed by atoms with van der Waals surface area (Å²) in [5, 5.41) is 6.54. The van der Waals surface area contributed by atoms with E-state index in [1.165, 1.54) is 18.6 Å². The summed E-state index contributed by atoms with van der Waals surface area (Å²) in [5.74, 6) is 0.617. The highest BCUT2D eigenvalue weighted by atomic mass is 127. The zero-order valence-electron chi connectivity index (χ0n) is 17.4. The van der Waals surface area contributed by atoms with E-state index in [4.69, 9.17) is 0 Å². The summed E-state index contributed by atoms with van der Waals surface area (Å²) in [4.78, 5) is 18.7. The lowest BCUT2D eigenvalue weighted by Crippen LogP contribution is -2.38. The van der Waals surface area contributed by atoms with Gasteiger partial charge in [-0.15, -0.1) is 24.0 Å². The highest BCUT2D eigenvalue weighted by molar-refractivity contribution is 14.0. The summed E-state index contributed by atoms with van der Waals surface area (Å²) < 4.78 is 13.0. The Labute approximate surface area is 195 Å². The largest absolute Gasteiger partial charge is 0.356 e. The van der Waals surface area contributed by atoms with Gasteiger partial charge in [0.05, 0.1) is 0 Å². The molecule has 162 valence electrons. The minimum Gasteiger partial charge on any atom is -0.356 e. The molecule has 0 aliphatic carbocycles. The number of carbonyl (C=O) groups excluding carboxylic acids is 1. The molecular formula is C23H30FIN4O. The van der Waals surface area contributed by atoms with E-state index in [9.17, 15) is 9.18 Å². The predicted molar refractivity (Wildman–Crippen MR) is 130 cm³/mol. The van der Waals surface area contributed by atoms with Gasteiger partial charge in [-0.2, -0.15) is 0 Å². The van der Waals surface area contributed by atoms with Crippen LogP contribution in [-0.2, 0) is 13.0 Å². The highest BCUT2D eigenvalue weighted by Gasteiger charge is 2.17. The fraction of sp³-hybridized carbons (Fsp3) is 0.391. The van der Waals surface area contributed by atoms with Gasteiger partial charge in [0.2, 0.25) is 0 Å². The molecule has 2 aromatic carbocycles. The van der Waals surface area contributed by atoms with E-state index in [1.54, 1.807) is 19.2 Å². The number of hydrogen-bond acceptors (Lipinski definition) is 2. The third-order valence-corrected chi connectivity index (χ3v) is 5.15. The van der Waals surface area contributed by atoms with Crippen LogP contribution in [-0.4, -0.2) is 43.4 Å². The third-order valence-electron chi connectivity index (χ3n) is 5.15. The van der Waals surface area contributed by atoms with Crippen molar-refractivity contribution in [2.75, 3.05) is 26.7 Å². The van der Waals surface area contributed by atoms with Crippen molar-refractivity contribution in [1.29, 1.82) is 0 Å². The highest BCUT2D eigenvalue weighted by Crippen LogP contribution is 2.14. The van der Waals surface area contributed by atoms with Crippen molar-refractivity contribution in [3.8, 4) is 0 Å². The van der Waals surface area contributed by atoms with Gasteiger partial charge in [-0.3, -0.25) is 9.79 Å². The van der Waals surface area contributed by atoms with Gasteiger partial charge >= 0.3 is 0 Å². The first-order valence-electron chi connectivity index (χ1n) is 10.2. The molecular weight excluding hydrogens is 494 g/mol. The number of benzene rings is 2. The van der Waals surface area contributed by atoms with Crippen LogP contribution in [0.25, 0.3) is 0 Å². The molecule has 0 bridgehead atoms. The van der Waals surface area contributed by atoms with Crippen LogP contribution in [0.3, 0.4) is 0 Å². The van der Waals surface area contributed by atoms with Crippen molar-refractivity contribution < 1.29 is 9.18 Å². The van der Waals surface area contributed by atoms with Crippen LogP contribution in [0.4, 0.5) is 4.39 Å². The number of piperidine rings is 1. The Morgan fingerprint density at radius 2 is 1.60 bits per heavy atom. The van der Waals surface area contributed by atoms with Crippen molar-refractivity contribution in [2.45, 2.75) is 32.2 Å². The van der Waals surface area contributed by atoms with E-state index in [2.05, 4.69) is 15.6 Å². The molecule has 3 rings (SSSR count). The van der Waals surface area contributed by atoms with E-state index in [0.29, 0.717) is 19.0 Å². The number of hydrogen-bond donors (Lipinski definition) is 2. The Morgan fingerprint density at radius 3 is 2.23 bits per heavy atom. The maximum absolute atomic E-state index is 13.0. The maximum atomic E-state index is 13.0. The van der Waals surface area contributed by atoms with E-state index >= 15 is 0 Å². The standard InChI is InChI=1S/C23H29FN4O.HI/c1-25-23(26-14-13-18-7-11-21(24)12-8-18)27-17-19-5-9-20(10-6-19)22(29)28-15-3-2-4-16-28;/h5-12H,2-4,13-17H2,1H3,(H2,25,26,27);1H. The molecule has 5 nitrogen and oxygen atoms in total. The van der Waals surface area contributed by atoms with Crippen LogP contribution in [0.2, 0.25) is 0 Å². The molecule has 1 aliphatic heterocycles. The van der Waals surface area contributed by atoms with Gasteiger partial charge in [-0.25, -0.2) is 4.39 Å². The van der Waals surface area contributed by atoms with Crippen LogP contribution < -0.4 is 10.6 Å². The van der Waals surface area contributed by atoms with Gasteiger partial charge in [0.25, 0.3) is 5.91 Å². The van der Waals surface area contributed by atoms with Crippen LogP contribution in [0.5, 0.6) is 0 Å². The average molecular weight is 524 g/mol. The molecule has 0 spiro atoms. The second-order valence-electron chi connectivity index (χ2n) is 7.28. The van der Waals surface area contributed by atoms with Crippen molar-refractivity contribution >= 4 is 35.8 Å². The summed E-state index contributed by atoms with van der Waals surface area (Å²) >= 11 is 0. The number of nitrogens with zero attached hydrogens (tertiary/aromatic N) is 2. The Morgan fingerprint density at radius 1 is 0.967 bits per heavy atom. The number of aliphatic imine (C=N–C) groups is 1. The molecule has 0 atom stereocenters. The van der Waals surface area contributed by atoms with E-state index < -0.39 is 0 Å². The van der Waals surface area contributed by atoms with Crippen LogP contribution in [0.15, 0.2) is 53.5 Å².